The van der Waals surface area contributed by atoms with Crippen LogP contribution in [0.2, 0.25) is 0 Å². The van der Waals surface area contributed by atoms with E-state index in [1.165, 1.54) is 23.5 Å². The molecule has 1 rings (SSSR count). The van der Waals surface area contributed by atoms with E-state index in [2.05, 4.69) is 6.58 Å². The number of hydrogen-bond donors (Lipinski definition) is 2. The summed E-state index contributed by atoms with van der Waals surface area (Å²) < 4.78 is 0. The Labute approximate surface area is 103 Å². The Morgan fingerprint density at radius 1 is 1.47 bits per heavy atom. The fourth-order valence-corrected chi connectivity index (χ4v) is 2.15. The van der Waals surface area contributed by atoms with E-state index in [0.29, 0.717) is 16.9 Å². The fourth-order valence-electron chi connectivity index (χ4n) is 1.32. The van der Waals surface area contributed by atoms with E-state index < -0.39 is 11.9 Å². The van der Waals surface area contributed by atoms with Crippen molar-refractivity contribution >= 4 is 28.8 Å². The zero-order valence-corrected chi connectivity index (χ0v) is 10.1. The van der Waals surface area contributed by atoms with Crippen molar-refractivity contribution in [3.63, 3.8) is 0 Å². The molecular formula is C12H12O4S. The van der Waals surface area contributed by atoms with Crippen LogP contribution in [0.5, 0.6) is 0 Å². The predicted molar refractivity (Wildman–Crippen MR) is 66.3 cm³/mol. The normalized spacial score (nSPS) is 11.2. The lowest BCUT2D eigenvalue weighted by molar-refractivity contribution is -0.132. The molecule has 0 amide bonds. The summed E-state index contributed by atoms with van der Waals surface area (Å²) in [4.78, 5) is 22.2. The van der Waals surface area contributed by atoms with Gasteiger partial charge in [0.2, 0.25) is 0 Å². The number of aromatic carboxylic acids is 1. The SMILES string of the molecule is C=C(/C=C(\CC)C(=O)O)c1sccc1C(=O)O. The molecule has 0 aliphatic carbocycles. The van der Waals surface area contributed by atoms with Gasteiger partial charge in [-0.2, -0.15) is 0 Å². The van der Waals surface area contributed by atoms with E-state index in [9.17, 15) is 9.59 Å². The van der Waals surface area contributed by atoms with Gasteiger partial charge >= 0.3 is 11.9 Å². The molecule has 90 valence electrons. The van der Waals surface area contributed by atoms with Gasteiger partial charge in [-0.25, -0.2) is 9.59 Å². The quantitative estimate of drug-likeness (QED) is 0.624. The van der Waals surface area contributed by atoms with E-state index in [0.717, 1.165) is 0 Å². The molecule has 0 atom stereocenters. The second kappa shape index (κ2) is 5.45. The maximum atomic E-state index is 10.9. The third-order valence-electron chi connectivity index (χ3n) is 2.19. The lowest BCUT2D eigenvalue weighted by Gasteiger charge is -2.02. The van der Waals surface area contributed by atoms with E-state index >= 15 is 0 Å². The first-order chi connectivity index (χ1) is 7.97. The molecule has 0 radical (unpaired) electrons. The number of carboxylic acid groups (broad SMARTS) is 2. The molecule has 0 aliphatic heterocycles. The Balaban J connectivity index is 3.09. The number of thiophene rings is 1. The fraction of sp³-hybridized carbons (Fsp3) is 0.167. The molecule has 0 bridgehead atoms. The van der Waals surface area contributed by atoms with Gasteiger partial charge in [0.15, 0.2) is 0 Å². The van der Waals surface area contributed by atoms with Crippen molar-refractivity contribution in [1.29, 1.82) is 0 Å². The molecule has 2 N–H and O–H groups in total. The first-order valence-electron chi connectivity index (χ1n) is 4.91. The van der Waals surface area contributed by atoms with Gasteiger partial charge in [-0.3, -0.25) is 0 Å². The van der Waals surface area contributed by atoms with Crippen molar-refractivity contribution < 1.29 is 19.8 Å². The summed E-state index contributed by atoms with van der Waals surface area (Å²) >= 11 is 1.23. The number of aliphatic carboxylic acids is 1. The lowest BCUT2D eigenvalue weighted by atomic mass is 10.1. The number of rotatable bonds is 5. The van der Waals surface area contributed by atoms with Gasteiger partial charge in [-0.1, -0.05) is 13.5 Å². The highest BCUT2D eigenvalue weighted by molar-refractivity contribution is 7.11. The van der Waals surface area contributed by atoms with Crippen LogP contribution in [-0.2, 0) is 4.79 Å². The van der Waals surface area contributed by atoms with E-state index in [1.807, 2.05) is 0 Å². The first kappa shape index (κ1) is 13.2. The summed E-state index contributed by atoms with van der Waals surface area (Å²) in [6.07, 6.45) is 1.78. The average molecular weight is 252 g/mol. The maximum Gasteiger partial charge on any atom is 0.337 e. The van der Waals surface area contributed by atoms with E-state index in [1.54, 1.807) is 12.3 Å². The Morgan fingerprint density at radius 3 is 2.59 bits per heavy atom. The lowest BCUT2D eigenvalue weighted by Crippen LogP contribution is -2.00. The number of carboxylic acids is 2. The zero-order valence-electron chi connectivity index (χ0n) is 9.27. The first-order valence-corrected chi connectivity index (χ1v) is 5.79. The Kier molecular flexibility index (Phi) is 4.23. The van der Waals surface area contributed by atoms with Crippen LogP contribution in [0, 0.1) is 0 Å². The van der Waals surface area contributed by atoms with Crippen LogP contribution in [0.25, 0.3) is 5.57 Å². The summed E-state index contributed by atoms with van der Waals surface area (Å²) in [5.74, 6) is -2.05. The molecule has 4 nitrogen and oxygen atoms in total. The van der Waals surface area contributed by atoms with Gasteiger partial charge in [-0.05, 0) is 29.5 Å². The van der Waals surface area contributed by atoms with Crippen LogP contribution in [0.1, 0.15) is 28.6 Å². The molecule has 0 aliphatic rings. The van der Waals surface area contributed by atoms with Crippen LogP contribution >= 0.6 is 11.3 Å². The molecule has 0 saturated heterocycles. The third kappa shape index (κ3) is 3.04. The summed E-state index contributed by atoms with van der Waals surface area (Å²) in [6.45, 7) is 5.44. The molecular weight excluding hydrogens is 240 g/mol. The van der Waals surface area contributed by atoms with E-state index in [-0.39, 0.29) is 11.1 Å². The van der Waals surface area contributed by atoms with Gasteiger partial charge < -0.3 is 10.2 Å². The summed E-state index contributed by atoms with van der Waals surface area (Å²) in [5, 5.41) is 19.5. The van der Waals surface area contributed by atoms with Crippen LogP contribution in [0.15, 0.2) is 29.7 Å². The minimum absolute atomic E-state index is 0.150. The highest BCUT2D eigenvalue weighted by atomic mass is 32.1. The average Bonchev–Trinajstić information content (AvgIpc) is 2.73. The van der Waals surface area contributed by atoms with Crippen LogP contribution in [-0.4, -0.2) is 22.2 Å². The van der Waals surface area contributed by atoms with E-state index in [4.69, 9.17) is 10.2 Å². The van der Waals surface area contributed by atoms with Crippen molar-refractivity contribution in [2.24, 2.45) is 0 Å². The maximum absolute atomic E-state index is 10.9. The molecule has 5 heteroatoms. The van der Waals surface area contributed by atoms with Gasteiger partial charge in [0, 0.05) is 10.5 Å². The topological polar surface area (TPSA) is 74.6 Å². The summed E-state index contributed by atoms with van der Waals surface area (Å²) in [5.41, 5.74) is 0.772. The minimum Gasteiger partial charge on any atom is -0.478 e. The Bertz CT molecular complexity index is 496. The minimum atomic E-state index is -1.04. The van der Waals surface area contributed by atoms with Crippen molar-refractivity contribution in [2.75, 3.05) is 0 Å². The van der Waals surface area contributed by atoms with Crippen molar-refractivity contribution in [1.82, 2.24) is 0 Å². The van der Waals surface area contributed by atoms with Crippen molar-refractivity contribution in [2.45, 2.75) is 13.3 Å². The van der Waals surface area contributed by atoms with Crippen molar-refractivity contribution in [3.05, 3.63) is 40.1 Å². The summed E-state index contributed by atoms with van der Waals surface area (Å²) in [7, 11) is 0. The standard InChI is InChI=1S/C12H12O4S/c1-3-8(11(13)14)6-7(2)10-9(12(15)16)4-5-17-10/h4-6H,2-3H2,1H3,(H,13,14)(H,15,16)/b8-6+. The monoisotopic (exact) mass is 252 g/mol. The van der Waals surface area contributed by atoms with Crippen LogP contribution < -0.4 is 0 Å². The second-order valence-corrected chi connectivity index (χ2v) is 4.24. The predicted octanol–water partition coefficient (Wildman–Crippen LogP) is 2.88. The second-order valence-electron chi connectivity index (χ2n) is 3.32. The number of hydrogen-bond acceptors (Lipinski definition) is 3. The highest BCUT2D eigenvalue weighted by Gasteiger charge is 2.14. The third-order valence-corrected chi connectivity index (χ3v) is 3.18. The zero-order chi connectivity index (χ0) is 13.0. The largest absolute Gasteiger partial charge is 0.478 e. The molecule has 0 unspecified atom stereocenters. The highest BCUT2D eigenvalue weighted by Crippen LogP contribution is 2.26. The molecule has 0 fully saturated rings. The molecule has 0 saturated carbocycles. The Hall–Kier alpha value is -1.88. The molecule has 17 heavy (non-hydrogen) atoms. The van der Waals surface area contributed by atoms with Gasteiger partial charge in [0.05, 0.1) is 5.56 Å². The Morgan fingerprint density at radius 2 is 2.12 bits per heavy atom. The molecule has 1 aromatic heterocycles. The van der Waals surface area contributed by atoms with Gasteiger partial charge in [-0.15, -0.1) is 11.3 Å². The molecule has 1 heterocycles. The van der Waals surface area contributed by atoms with Crippen molar-refractivity contribution in [3.8, 4) is 0 Å². The van der Waals surface area contributed by atoms with Crippen LogP contribution in [0.4, 0.5) is 0 Å². The summed E-state index contributed by atoms with van der Waals surface area (Å²) in [6, 6.07) is 1.48. The molecule has 0 spiro atoms. The molecule has 1 aromatic rings. The van der Waals surface area contributed by atoms with Gasteiger partial charge in [0.1, 0.15) is 0 Å². The number of carbonyl (C=O) groups is 2. The smallest absolute Gasteiger partial charge is 0.337 e. The van der Waals surface area contributed by atoms with Gasteiger partial charge in [0.25, 0.3) is 0 Å². The van der Waals surface area contributed by atoms with Crippen LogP contribution in [0.3, 0.4) is 0 Å². The molecule has 0 aromatic carbocycles. The number of allylic oxidation sites excluding steroid dienone is 2.